The fourth-order valence-corrected chi connectivity index (χ4v) is 1.18. The van der Waals surface area contributed by atoms with Crippen molar-refractivity contribution in [2.24, 2.45) is 0 Å². The Morgan fingerprint density at radius 3 is 1.50 bits per heavy atom. The molecule has 0 amide bonds. The molecular formula is C13H15BO2. The summed E-state index contributed by atoms with van der Waals surface area (Å²) in [6.07, 6.45) is 1.14. The average Bonchev–Trinajstić information content (AvgIpc) is 2.35. The van der Waals surface area contributed by atoms with Crippen molar-refractivity contribution >= 4 is 7.85 Å². The Balaban J connectivity index is 0.000000160. The predicted molar refractivity (Wildman–Crippen MR) is 68.5 cm³/mol. The largest absolute Gasteiger partial charge is 0.504 e. The summed E-state index contributed by atoms with van der Waals surface area (Å²) >= 11 is 0. The van der Waals surface area contributed by atoms with Crippen LogP contribution in [0.3, 0.4) is 0 Å². The summed E-state index contributed by atoms with van der Waals surface area (Å²) in [4.78, 5) is 0. The Labute approximate surface area is 96.6 Å². The summed E-state index contributed by atoms with van der Waals surface area (Å²) < 4.78 is 0. The van der Waals surface area contributed by atoms with E-state index in [-0.39, 0.29) is 11.5 Å². The molecule has 2 N–H and O–H groups in total. The molecule has 0 heterocycles. The SMILES string of the molecule is BCc1ccccc1.Oc1ccccc1O. The zero-order chi connectivity index (χ0) is 11.8. The quantitative estimate of drug-likeness (QED) is 0.562. The van der Waals surface area contributed by atoms with Crippen LogP contribution in [0.15, 0.2) is 54.6 Å². The lowest BCUT2D eigenvalue weighted by Crippen LogP contribution is -1.78. The maximum Gasteiger partial charge on any atom is 0.157 e. The number of phenols is 2. The fourth-order valence-electron chi connectivity index (χ4n) is 1.18. The zero-order valence-electron chi connectivity index (χ0n) is 9.30. The molecule has 2 rings (SSSR count). The molecule has 0 radical (unpaired) electrons. The van der Waals surface area contributed by atoms with E-state index in [4.69, 9.17) is 10.2 Å². The van der Waals surface area contributed by atoms with Gasteiger partial charge in [-0.1, -0.05) is 54.3 Å². The summed E-state index contributed by atoms with van der Waals surface area (Å²) in [5.74, 6) is -0.153. The van der Waals surface area contributed by atoms with E-state index in [9.17, 15) is 0 Å². The average molecular weight is 214 g/mol. The first kappa shape index (κ1) is 12.2. The van der Waals surface area contributed by atoms with Crippen molar-refractivity contribution in [1.29, 1.82) is 0 Å². The molecule has 0 unspecified atom stereocenters. The highest BCUT2D eigenvalue weighted by Gasteiger charge is 1.90. The smallest absolute Gasteiger partial charge is 0.157 e. The van der Waals surface area contributed by atoms with Crippen molar-refractivity contribution in [2.45, 2.75) is 6.32 Å². The number of para-hydroxylation sites is 2. The Morgan fingerprint density at radius 2 is 1.19 bits per heavy atom. The number of hydrogen-bond acceptors (Lipinski definition) is 2. The molecule has 2 nitrogen and oxygen atoms in total. The zero-order valence-corrected chi connectivity index (χ0v) is 9.30. The summed E-state index contributed by atoms with van der Waals surface area (Å²) in [5, 5.41) is 17.3. The fraction of sp³-hybridized carbons (Fsp3) is 0.0769. The van der Waals surface area contributed by atoms with Gasteiger partial charge >= 0.3 is 0 Å². The molecule has 0 aliphatic heterocycles. The number of aromatic hydroxyl groups is 2. The minimum Gasteiger partial charge on any atom is -0.504 e. The van der Waals surface area contributed by atoms with Crippen molar-refractivity contribution in [1.82, 2.24) is 0 Å². The van der Waals surface area contributed by atoms with Crippen LogP contribution in [0, 0.1) is 0 Å². The molecule has 0 saturated heterocycles. The van der Waals surface area contributed by atoms with Gasteiger partial charge < -0.3 is 10.2 Å². The van der Waals surface area contributed by atoms with Gasteiger partial charge in [-0.25, -0.2) is 0 Å². The van der Waals surface area contributed by atoms with Gasteiger partial charge in [-0.3, -0.25) is 0 Å². The van der Waals surface area contributed by atoms with Gasteiger partial charge in [0.15, 0.2) is 11.5 Å². The van der Waals surface area contributed by atoms with Crippen molar-refractivity contribution in [2.75, 3.05) is 0 Å². The molecule has 0 saturated carbocycles. The van der Waals surface area contributed by atoms with E-state index in [1.165, 1.54) is 17.7 Å². The predicted octanol–water partition coefficient (Wildman–Crippen LogP) is 1.92. The van der Waals surface area contributed by atoms with Gasteiger partial charge in [0.25, 0.3) is 0 Å². The summed E-state index contributed by atoms with van der Waals surface area (Å²) in [5.41, 5.74) is 1.41. The van der Waals surface area contributed by atoms with E-state index in [0.717, 1.165) is 6.32 Å². The van der Waals surface area contributed by atoms with E-state index in [0.29, 0.717) is 0 Å². The molecule has 0 aromatic heterocycles. The van der Waals surface area contributed by atoms with Gasteiger partial charge in [-0.15, -0.1) is 0 Å². The van der Waals surface area contributed by atoms with Crippen LogP contribution in [0.5, 0.6) is 11.5 Å². The van der Waals surface area contributed by atoms with E-state index < -0.39 is 0 Å². The van der Waals surface area contributed by atoms with Crippen LogP contribution in [0.25, 0.3) is 0 Å². The Kier molecular flexibility index (Phi) is 4.99. The molecule has 2 aromatic rings. The maximum absolute atomic E-state index is 8.67. The molecule has 0 aliphatic rings. The van der Waals surface area contributed by atoms with Crippen LogP contribution < -0.4 is 0 Å². The van der Waals surface area contributed by atoms with E-state index in [1.54, 1.807) is 12.1 Å². The number of hydrogen-bond donors (Lipinski definition) is 2. The molecule has 2 aromatic carbocycles. The second kappa shape index (κ2) is 6.56. The van der Waals surface area contributed by atoms with Crippen LogP contribution in [0.2, 0.25) is 0 Å². The lowest BCUT2D eigenvalue weighted by molar-refractivity contribution is 0.404. The Hall–Kier alpha value is -1.90. The van der Waals surface area contributed by atoms with Crippen molar-refractivity contribution < 1.29 is 10.2 Å². The first-order valence-corrected chi connectivity index (χ1v) is 5.25. The number of rotatable bonds is 1. The van der Waals surface area contributed by atoms with Crippen LogP contribution in [-0.4, -0.2) is 18.1 Å². The molecular weight excluding hydrogens is 199 g/mol. The molecule has 0 fully saturated rings. The first-order valence-electron chi connectivity index (χ1n) is 5.25. The molecule has 16 heavy (non-hydrogen) atoms. The van der Waals surface area contributed by atoms with Gasteiger partial charge in [0.2, 0.25) is 0 Å². The van der Waals surface area contributed by atoms with Gasteiger partial charge in [-0.05, 0) is 12.1 Å². The molecule has 82 valence electrons. The molecule has 0 spiro atoms. The standard InChI is InChI=1S/C7H9B.C6H6O2/c8-6-7-4-2-1-3-5-7;7-5-3-1-2-4-6(5)8/h1-5H,6,8H2;1-4,7-8H. The second-order valence-corrected chi connectivity index (χ2v) is 3.33. The van der Waals surface area contributed by atoms with E-state index >= 15 is 0 Å². The highest BCUT2D eigenvalue weighted by molar-refractivity contribution is 6.08. The lowest BCUT2D eigenvalue weighted by atomic mass is 9.97. The molecule has 0 bridgehead atoms. The van der Waals surface area contributed by atoms with Crippen molar-refractivity contribution in [3.05, 3.63) is 60.2 Å². The molecule has 0 atom stereocenters. The number of phenolic OH excluding ortho intramolecular Hbond substituents is 2. The Morgan fingerprint density at radius 1 is 0.750 bits per heavy atom. The lowest BCUT2D eigenvalue weighted by Gasteiger charge is -1.91. The van der Waals surface area contributed by atoms with Crippen molar-refractivity contribution in [3.8, 4) is 11.5 Å². The maximum atomic E-state index is 8.67. The van der Waals surface area contributed by atoms with Crippen LogP contribution in [-0.2, 0) is 6.32 Å². The minimum absolute atomic E-state index is 0.0764. The van der Waals surface area contributed by atoms with E-state index in [2.05, 4.69) is 32.1 Å². The molecule has 3 heteroatoms. The van der Waals surface area contributed by atoms with Crippen molar-refractivity contribution in [3.63, 3.8) is 0 Å². The molecule has 0 aliphatic carbocycles. The summed E-state index contributed by atoms with van der Waals surface area (Å²) in [6.45, 7) is 0. The van der Waals surface area contributed by atoms with Gasteiger partial charge in [0.1, 0.15) is 7.85 Å². The third-order valence-corrected chi connectivity index (χ3v) is 2.13. The van der Waals surface area contributed by atoms with Crippen LogP contribution in [0.1, 0.15) is 5.56 Å². The topological polar surface area (TPSA) is 40.5 Å². The van der Waals surface area contributed by atoms with Crippen LogP contribution in [0.4, 0.5) is 0 Å². The van der Waals surface area contributed by atoms with Gasteiger partial charge in [0.05, 0.1) is 0 Å². The number of benzene rings is 2. The third kappa shape index (κ3) is 4.09. The summed E-state index contributed by atoms with van der Waals surface area (Å²) in [6, 6.07) is 16.6. The third-order valence-electron chi connectivity index (χ3n) is 2.13. The second-order valence-electron chi connectivity index (χ2n) is 3.33. The van der Waals surface area contributed by atoms with E-state index in [1.807, 2.05) is 6.07 Å². The van der Waals surface area contributed by atoms with Gasteiger partial charge in [-0.2, -0.15) is 0 Å². The van der Waals surface area contributed by atoms with Gasteiger partial charge in [0, 0.05) is 0 Å². The first-order chi connectivity index (χ1) is 7.74. The normalized spacial score (nSPS) is 9.00. The van der Waals surface area contributed by atoms with Crippen LogP contribution >= 0.6 is 0 Å². The summed E-state index contributed by atoms with van der Waals surface area (Å²) in [7, 11) is 2.16. The highest BCUT2D eigenvalue weighted by Crippen LogP contribution is 2.21. The Bertz CT molecular complexity index is 394. The minimum atomic E-state index is -0.0764. The highest BCUT2D eigenvalue weighted by atomic mass is 16.3. The monoisotopic (exact) mass is 214 g/mol.